The lowest BCUT2D eigenvalue weighted by atomic mass is 9.91. The fourth-order valence-electron chi connectivity index (χ4n) is 3.10. The van der Waals surface area contributed by atoms with Gasteiger partial charge in [-0.05, 0) is 24.9 Å². The predicted molar refractivity (Wildman–Crippen MR) is 77.1 cm³/mol. The minimum Gasteiger partial charge on any atom is -0.334 e. The maximum atomic E-state index is 4.35. The predicted octanol–water partition coefficient (Wildman–Crippen LogP) is 3.11. The van der Waals surface area contributed by atoms with Crippen LogP contribution in [-0.2, 0) is 6.54 Å². The number of benzene rings is 1. The summed E-state index contributed by atoms with van der Waals surface area (Å²) >= 11 is 0. The second-order valence-corrected chi connectivity index (χ2v) is 5.25. The van der Waals surface area contributed by atoms with Crippen molar-refractivity contribution in [3.8, 4) is 0 Å². The molecule has 0 aliphatic carbocycles. The van der Waals surface area contributed by atoms with Gasteiger partial charge in [-0.25, -0.2) is 4.98 Å². The molecular formula is C16H21N3. The molecule has 0 bridgehead atoms. The quantitative estimate of drug-likeness (QED) is 0.909. The highest BCUT2D eigenvalue weighted by Crippen LogP contribution is 2.37. The summed E-state index contributed by atoms with van der Waals surface area (Å²) < 4.78 is 2.31. The van der Waals surface area contributed by atoms with E-state index in [2.05, 4.69) is 52.1 Å². The standard InChI is InChI=1S/C16H21N3/c1-2-10-19-12-17-11-15(19)14-8-9-18-16(14)13-6-4-3-5-7-13/h3-7,11-12,14,16,18H,2,8-10H2,1H3. The molecule has 1 aromatic carbocycles. The Morgan fingerprint density at radius 2 is 2.16 bits per heavy atom. The molecule has 1 aliphatic heterocycles. The summed E-state index contributed by atoms with van der Waals surface area (Å²) in [6.45, 7) is 4.36. The molecular weight excluding hydrogens is 234 g/mol. The lowest BCUT2D eigenvalue weighted by Crippen LogP contribution is -2.18. The number of hydrogen-bond donors (Lipinski definition) is 1. The molecule has 2 unspecified atom stereocenters. The topological polar surface area (TPSA) is 29.9 Å². The first-order chi connectivity index (χ1) is 9.40. The van der Waals surface area contributed by atoms with Gasteiger partial charge in [0.1, 0.15) is 0 Å². The normalized spacial score (nSPS) is 22.8. The molecule has 1 fully saturated rings. The number of nitrogens with one attached hydrogen (secondary N) is 1. The molecule has 1 aromatic heterocycles. The molecule has 0 radical (unpaired) electrons. The summed E-state index contributed by atoms with van der Waals surface area (Å²) in [5.74, 6) is 0.538. The van der Waals surface area contributed by atoms with Gasteiger partial charge in [0.25, 0.3) is 0 Å². The molecule has 100 valence electrons. The summed E-state index contributed by atoms with van der Waals surface area (Å²) in [6, 6.07) is 11.2. The summed E-state index contributed by atoms with van der Waals surface area (Å²) in [4.78, 5) is 4.35. The van der Waals surface area contributed by atoms with E-state index in [1.165, 1.54) is 17.7 Å². The van der Waals surface area contributed by atoms with Crippen LogP contribution in [0.15, 0.2) is 42.9 Å². The van der Waals surface area contributed by atoms with E-state index in [1.807, 2.05) is 12.5 Å². The van der Waals surface area contributed by atoms with Crippen LogP contribution < -0.4 is 5.32 Å². The summed E-state index contributed by atoms with van der Waals surface area (Å²) in [6.07, 6.45) is 6.36. The molecule has 0 spiro atoms. The van der Waals surface area contributed by atoms with Gasteiger partial charge in [0, 0.05) is 30.4 Å². The van der Waals surface area contributed by atoms with E-state index in [0.717, 1.165) is 19.5 Å². The van der Waals surface area contributed by atoms with E-state index >= 15 is 0 Å². The molecule has 1 aliphatic rings. The van der Waals surface area contributed by atoms with E-state index < -0.39 is 0 Å². The van der Waals surface area contributed by atoms with Crippen LogP contribution in [0.1, 0.15) is 43.0 Å². The second-order valence-electron chi connectivity index (χ2n) is 5.25. The van der Waals surface area contributed by atoms with Crippen molar-refractivity contribution < 1.29 is 0 Å². The maximum Gasteiger partial charge on any atom is 0.0948 e. The van der Waals surface area contributed by atoms with Crippen LogP contribution in [0, 0.1) is 0 Å². The van der Waals surface area contributed by atoms with Crippen LogP contribution in [0.4, 0.5) is 0 Å². The van der Waals surface area contributed by atoms with Gasteiger partial charge < -0.3 is 9.88 Å². The zero-order valence-electron chi connectivity index (χ0n) is 11.4. The van der Waals surface area contributed by atoms with Crippen LogP contribution in [0.3, 0.4) is 0 Å². The van der Waals surface area contributed by atoms with Crippen molar-refractivity contribution in [2.24, 2.45) is 0 Å². The van der Waals surface area contributed by atoms with Crippen molar-refractivity contribution in [3.05, 3.63) is 54.1 Å². The maximum absolute atomic E-state index is 4.35. The molecule has 1 N–H and O–H groups in total. The van der Waals surface area contributed by atoms with Gasteiger partial charge in [-0.15, -0.1) is 0 Å². The Labute approximate surface area is 114 Å². The van der Waals surface area contributed by atoms with Gasteiger partial charge in [-0.2, -0.15) is 0 Å². The van der Waals surface area contributed by atoms with E-state index in [-0.39, 0.29) is 0 Å². The highest BCUT2D eigenvalue weighted by molar-refractivity contribution is 5.26. The van der Waals surface area contributed by atoms with Crippen LogP contribution in [0.2, 0.25) is 0 Å². The highest BCUT2D eigenvalue weighted by atomic mass is 15.1. The van der Waals surface area contributed by atoms with Crippen molar-refractivity contribution in [3.63, 3.8) is 0 Å². The van der Waals surface area contributed by atoms with Gasteiger partial charge in [0.15, 0.2) is 0 Å². The van der Waals surface area contributed by atoms with Crippen LogP contribution in [-0.4, -0.2) is 16.1 Å². The van der Waals surface area contributed by atoms with Crippen LogP contribution >= 0.6 is 0 Å². The van der Waals surface area contributed by atoms with E-state index in [1.54, 1.807) is 0 Å². The molecule has 0 amide bonds. The van der Waals surface area contributed by atoms with Gasteiger partial charge in [-0.3, -0.25) is 0 Å². The van der Waals surface area contributed by atoms with Crippen LogP contribution in [0.5, 0.6) is 0 Å². The van der Waals surface area contributed by atoms with E-state index in [4.69, 9.17) is 0 Å². The monoisotopic (exact) mass is 255 g/mol. The third-order valence-electron chi connectivity index (χ3n) is 3.97. The fourth-order valence-corrected chi connectivity index (χ4v) is 3.10. The molecule has 19 heavy (non-hydrogen) atoms. The van der Waals surface area contributed by atoms with Crippen molar-refractivity contribution in [1.29, 1.82) is 0 Å². The largest absolute Gasteiger partial charge is 0.334 e. The number of rotatable bonds is 4. The first kappa shape index (κ1) is 12.4. The summed E-state index contributed by atoms with van der Waals surface area (Å²) in [7, 11) is 0. The Kier molecular flexibility index (Phi) is 3.65. The Balaban J connectivity index is 1.89. The fraction of sp³-hybridized carbons (Fsp3) is 0.438. The lowest BCUT2D eigenvalue weighted by Gasteiger charge is -2.21. The van der Waals surface area contributed by atoms with Crippen LogP contribution in [0.25, 0.3) is 0 Å². The SMILES string of the molecule is CCCn1cncc1C1CCNC1c1ccccc1. The highest BCUT2D eigenvalue weighted by Gasteiger charge is 2.31. The molecule has 3 nitrogen and oxygen atoms in total. The minimum absolute atomic E-state index is 0.425. The number of imidazole rings is 1. The van der Waals surface area contributed by atoms with Gasteiger partial charge in [0.05, 0.1) is 6.33 Å². The lowest BCUT2D eigenvalue weighted by molar-refractivity contribution is 0.529. The Bertz CT molecular complexity index is 518. The van der Waals surface area contributed by atoms with Gasteiger partial charge >= 0.3 is 0 Å². The minimum atomic E-state index is 0.425. The number of aryl methyl sites for hydroxylation is 1. The number of aromatic nitrogens is 2. The van der Waals surface area contributed by atoms with Gasteiger partial charge in [0.2, 0.25) is 0 Å². The molecule has 2 aromatic rings. The van der Waals surface area contributed by atoms with Crippen molar-refractivity contribution in [2.45, 2.75) is 38.3 Å². The van der Waals surface area contributed by atoms with Gasteiger partial charge in [-0.1, -0.05) is 37.3 Å². The first-order valence-electron chi connectivity index (χ1n) is 7.18. The molecule has 0 saturated carbocycles. The van der Waals surface area contributed by atoms with E-state index in [0.29, 0.717) is 12.0 Å². The number of hydrogen-bond acceptors (Lipinski definition) is 2. The third-order valence-corrected chi connectivity index (χ3v) is 3.97. The second kappa shape index (κ2) is 5.57. The molecule has 3 heteroatoms. The molecule has 1 saturated heterocycles. The zero-order chi connectivity index (χ0) is 13.1. The molecule has 3 rings (SSSR count). The van der Waals surface area contributed by atoms with Crippen molar-refractivity contribution >= 4 is 0 Å². The van der Waals surface area contributed by atoms with Crippen molar-refractivity contribution in [1.82, 2.24) is 14.9 Å². The summed E-state index contributed by atoms with van der Waals surface area (Å²) in [5.41, 5.74) is 2.76. The average Bonchev–Trinajstić information content (AvgIpc) is 3.08. The van der Waals surface area contributed by atoms with Crippen molar-refractivity contribution in [2.75, 3.05) is 6.54 Å². The average molecular weight is 255 g/mol. The first-order valence-corrected chi connectivity index (χ1v) is 7.18. The molecule has 2 atom stereocenters. The zero-order valence-corrected chi connectivity index (χ0v) is 11.4. The van der Waals surface area contributed by atoms with E-state index in [9.17, 15) is 0 Å². The molecule has 2 heterocycles. The third kappa shape index (κ3) is 2.43. The number of nitrogens with zero attached hydrogens (tertiary/aromatic N) is 2. The Morgan fingerprint density at radius 3 is 2.95 bits per heavy atom. The Hall–Kier alpha value is -1.61. The summed E-state index contributed by atoms with van der Waals surface area (Å²) in [5, 5.41) is 3.64. The Morgan fingerprint density at radius 1 is 1.32 bits per heavy atom. The smallest absolute Gasteiger partial charge is 0.0948 e.